The summed E-state index contributed by atoms with van der Waals surface area (Å²) < 4.78 is 70.9. The molecule has 0 unspecified atom stereocenters. The number of benzene rings is 2. The Hall–Kier alpha value is -3.70. The molecule has 0 saturated heterocycles. The van der Waals surface area contributed by atoms with Gasteiger partial charge in [-0.2, -0.15) is 22.0 Å². The average molecular weight is 458 g/mol. The molecule has 0 bridgehead atoms. The number of aliphatic imine (C=N–C) groups is 2. The number of hydrogen-bond donors (Lipinski definition) is 2. The number of nitrogens with two attached hydrogens (primary N) is 1. The summed E-state index contributed by atoms with van der Waals surface area (Å²) in [6.45, 7) is 3.44. The molecule has 3 N–H and O–H groups in total. The van der Waals surface area contributed by atoms with Gasteiger partial charge in [0.15, 0.2) is 0 Å². The predicted molar refractivity (Wildman–Crippen MR) is 109 cm³/mol. The van der Waals surface area contributed by atoms with Gasteiger partial charge in [-0.1, -0.05) is 0 Å². The lowest BCUT2D eigenvalue weighted by Crippen LogP contribution is -2.41. The van der Waals surface area contributed by atoms with Crippen LogP contribution in [0.25, 0.3) is 0 Å². The zero-order valence-electron chi connectivity index (χ0n) is 16.9. The van der Waals surface area contributed by atoms with Crippen molar-refractivity contribution in [1.82, 2.24) is 0 Å². The Morgan fingerprint density at radius 3 is 2.16 bits per heavy atom. The number of hydrogen-bond acceptors (Lipinski definition) is 4. The third-order valence-electron chi connectivity index (χ3n) is 3.59. The van der Waals surface area contributed by atoms with Crippen LogP contribution in [0.15, 0.2) is 58.5 Å². The zero-order chi connectivity index (χ0) is 23.9. The maximum Gasteiger partial charge on any atom is 0.499 e. The van der Waals surface area contributed by atoms with Crippen molar-refractivity contribution in [3.05, 3.63) is 54.1 Å². The molecule has 0 radical (unpaired) electrons. The van der Waals surface area contributed by atoms with E-state index in [1.807, 2.05) is 0 Å². The van der Waals surface area contributed by atoms with Crippen LogP contribution in [0.2, 0.25) is 0 Å². The quantitative estimate of drug-likeness (QED) is 0.337. The van der Waals surface area contributed by atoms with Gasteiger partial charge in [0.05, 0.1) is 11.8 Å². The molecular weight excluding hydrogens is 439 g/mol. The first-order valence-corrected chi connectivity index (χ1v) is 9.05. The molecule has 172 valence electrons. The fourth-order valence-corrected chi connectivity index (χ4v) is 2.12. The van der Waals surface area contributed by atoms with Crippen LogP contribution in [0, 0.1) is 0 Å². The Morgan fingerprint density at radius 1 is 1.03 bits per heavy atom. The number of amidine groups is 1. The van der Waals surface area contributed by atoms with Gasteiger partial charge in [0, 0.05) is 11.3 Å². The van der Waals surface area contributed by atoms with Crippen molar-refractivity contribution >= 4 is 29.6 Å². The summed E-state index contributed by atoms with van der Waals surface area (Å²) in [5.74, 6) is -0.588. The first kappa shape index (κ1) is 24.6. The number of ether oxygens (including phenoxy) is 2. The molecule has 0 fully saturated rings. The van der Waals surface area contributed by atoms with Gasteiger partial charge in [-0.25, -0.2) is 14.8 Å². The summed E-state index contributed by atoms with van der Waals surface area (Å²) in [4.78, 5) is 19.4. The maximum atomic E-state index is 12.9. The van der Waals surface area contributed by atoms with Crippen LogP contribution in [0.4, 0.5) is 38.1 Å². The summed E-state index contributed by atoms with van der Waals surface area (Å²) in [7, 11) is 0. The van der Waals surface area contributed by atoms with E-state index in [1.165, 1.54) is 12.1 Å². The number of nitrogens with zero attached hydrogens (tertiary/aromatic N) is 2. The number of amides is 1. The van der Waals surface area contributed by atoms with Gasteiger partial charge in [0.2, 0.25) is 0 Å². The monoisotopic (exact) mass is 458 g/mol. The first-order chi connectivity index (χ1) is 14.9. The summed E-state index contributed by atoms with van der Waals surface area (Å²) in [5.41, 5.74) is 7.07. The molecule has 32 heavy (non-hydrogen) atoms. The second-order valence-electron chi connectivity index (χ2n) is 6.53. The summed E-state index contributed by atoms with van der Waals surface area (Å²) >= 11 is 0. The molecule has 0 aromatic heterocycles. The lowest BCUT2D eigenvalue weighted by Gasteiger charge is -2.20. The lowest BCUT2D eigenvalue weighted by atomic mass is 10.2. The Morgan fingerprint density at radius 2 is 1.62 bits per heavy atom. The van der Waals surface area contributed by atoms with E-state index < -0.39 is 24.1 Å². The fraction of sp³-hybridized carbons (Fsp3) is 0.250. The molecule has 0 aliphatic heterocycles. The molecule has 2 aromatic carbocycles. The molecule has 0 aliphatic rings. The van der Waals surface area contributed by atoms with Crippen LogP contribution in [-0.4, -0.2) is 36.7 Å². The van der Waals surface area contributed by atoms with Gasteiger partial charge in [-0.15, -0.1) is 0 Å². The molecule has 12 heteroatoms. The molecular formula is C20H19F5N4O3. The minimum absolute atomic E-state index is 0.0924. The number of carbonyl (C=O) groups excluding carboxylic acids is 1. The predicted octanol–water partition coefficient (Wildman–Crippen LogP) is 5.24. The normalized spacial score (nSPS) is 12.8. The van der Waals surface area contributed by atoms with E-state index in [2.05, 4.69) is 20.0 Å². The van der Waals surface area contributed by atoms with Gasteiger partial charge >= 0.3 is 18.4 Å². The Balaban J connectivity index is 1.97. The van der Waals surface area contributed by atoms with Crippen LogP contribution in [0.1, 0.15) is 19.4 Å². The van der Waals surface area contributed by atoms with Gasteiger partial charge in [0.25, 0.3) is 0 Å². The minimum atomic E-state index is -5.83. The molecule has 7 nitrogen and oxygen atoms in total. The van der Waals surface area contributed by atoms with Crippen molar-refractivity contribution in [2.75, 3.05) is 5.32 Å². The van der Waals surface area contributed by atoms with Crippen LogP contribution in [0.5, 0.6) is 5.75 Å². The van der Waals surface area contributed by atoms with Crippen LogP contribution in [-0.2, 0) is 4.74 Å². The average Bonchev–Trinajstić information content (AvgIpc) is 2.68. The van der Waals surface area contributed by atoms with Gasteiger partial charge in [-0.3, -0.25) is 5.32 Å². The minimum Gasteiger partial charge on any atom is -0.447 e. The van der Waals surface area contributed by atoms with Crippen molar-refractivity contribution in [3.8, 4) is 5.75 Å². The maximum absolute atomic E-state index is 12.9. The van der Waals surface area contributed by atoms with Crippen molar-refractivity contribution in [2.24, 2.45) is 15.7 Å². The lowest BCUT2D eigenvalue weighted by molar-refractivity contribution is -0.360. The molecule has 0 spiro atoms. The molecule has 0 atom stereocenters. The van der Waals surface area contributed by atoms with E-state index in [0.29, 0.717) is 11.3 Å². The van der Waals surface area contributed by atoms with E-state index >= 15 is 0 Å². The molecule has 1 amide bonds. The largest absolute Gasteiger partial charge is 0.499 e. The van der Waals surface area contributed by atoms with Crippen LogP contribution >= 0.6 is 0 Å². The van der Waals surface area contributed by atoms with Crippen molar-refractivity contribution in [1.29, 1.82) is 0 Å². The highest BCUT2D eigenvalue weighted by atomic mass is 19.4. The van der Waals surface area contributed by atoms with Gasteiger partial charge < -0.3 is 15.2 Å². The highest BCUT2D eigenvalue weighted by molar-refractivity contribution is 6.01. The zero-order valence-corrected chi connectivity index (χ0v) is 16.9. The molecule has 0 heterocycles. The Kier molecular flexibility index (Phi) is 7.73. The standard InChI is InChI=1S/C20H19F5N4O3/c1-12(2)31-18(30)29-15-5-3-13(4-6-15)17(26)28-11-27-14-7-9-16(10-8-14)32-20(24,25)19(21,22)23/h3-12H,1-2H3,(H,29,30)(H2,26,27,28). The SMILES string of the molecule is CC(C)OC(=O)Nc1ccc(C(N)=NC=Nc2ccc(OC(F)(F)C(F)(F)F)cc2)cc1. The summed E-state index contributed by atoms with van der Waals surface area (Å²) in [5, 5.41) is 2.54. The van der Waals surface area contributed by atoms with Crippen LogP contribution < -0.4 is 15.8 Å². The Bertz CT molecular complexity index is 972. The third-order valence-corrected chi connectivity index (χ3v) is 3.59. The number of carbonyl (C=O) groups is 1. The number of anilines is 1. The van der Waals surface area contributed by atoms with E-state index in [4.69, 9.17) is 10.5 Å². The van der Waals surface area contributed by atoms with Gasteiger partial charge in [-0.05, 0) is 62.4 Å². The number of nitrogens with one attached hydrogen (secondary N) is 1. The number of halogens is 5. The fourth-order valence-electron chi connectivity index (χ4n) is 2.12. The topological polar surface area (TPSA) is 98.3 Å². The summed E-state index contributed by atoms with van der Waals surface area (Å²) in [6.07, 6.45) is -10.9. The van der Waals surface area contributed by atoms with E-state index in [9.17, 15) is 26.7 Å². The highest BCUT2D eigenvalue weighted by Gasteiger charge is 2.61. The van der Waals surface area contributed by atoms with Crippen molar-refractivity contribution in [2.45, 2.75) is 32.2 Å². The van der Waals surface area contributed by atoms with Crippen molar-refractivity contribution in [3.63, 3.8) is 0 Å². The number of rotatable bonds is 7. The van der Waals surface area contributed by atoms with E-state index in [1.54, 1.807) is 38.1 Å². The molecule has 2 aromatic rings. The molecule has 0 aliphatic carbocycles. The number of alkyl halides is 5. The van der Waals surface area contributed by atoms with Crippen molar-refractivity contribution < 1.29 is 36.2 Å². The van der Waals surface area contributed by atoms with E-state index in [-0.39, 0.29) is 17.6 Å². The van der Waals surface area contributed by atoms with E-state index in [0.717, 1.165) is 18.5 Å². The smallest absolute Gasteiger partial charge is 0.447 e. The highest BCUT2D eigenvalue weighted by Crippen LogP contribution is 2.37. The second kappa shape index (κ2) is 10.1. The van der Waals surface area contributed by atoms with Gasteiger partial charge in [0.1, 0.15) is 17.9 Å². The summed E-state index contributed by atoms with van der Waals surface area (Å²) in [6, 6.07) is 10.5. The van der Waals surface area contributed by atoms with Crippen LogP contribution in [0.3, 0.4) is 0 Å². The molecule has 2 rings (SSSR count). The third kappa shape index (κ3) is 7.22. The first-order valence-electron chi connectivity index (χ1n) is 9.05. The molecule has 0 saturated carbocycles. The second-order valence-corrected chi connectivity index (χ2v) is 6.53. The Labute approximate surface area is 179 Å².